The lowest BCUT2D eigenvalue weighted by molar-refractivity contribution is -0.134. The van der Waals surface area contributed by atoms with Gasteiger partial charge in [0.25, 0.3) is 5.91 Å². The molecule has 1 N–H and O–H groups in total. The third kappa shape index (κ3) is 0.485. The summed E-state index contributed by atoms with van der Waals surface area (Å²) >= 11 is 0. The van der Waals surface area contributed by atoms with E-state index >= 15 is 0 Å². The molecule has 1 amide bonds. The summed E-state index contributed by atoms with van der Waals surface area (Å²) in [5.41, 5.74) is -0.551. The second-order valence-electron chi connectivity index (χ2n) is 3.45. The molecule has 0 aromatic heterocycles. The topological polar surface area (TPSA) is 38.3 Å². The quantitative estimate of drug-likeness (QED) is 0.488. The Labute approximate surface area is 64.4 Å². The number of carbonyl (C=O) groups excluding carboxylic acids is 1. The van der Waals surface area contributed by atoms with E-state index in [1.54, 1.807) is 0 Å². The minimum absolute atomic E-state index is 0.0544. The lowest BCUT2D eigenvalue weighted by atomic mass is 9.86. The number of nitrogens with one attached hydrogen (secondary N) is 1. The van der Waals surface area contributed by atoms with Crippen LogP contribution in [0.4, 0.5) is 0 Å². The van der Waals surface area contributed by atoms with Crippen molar-refractivity contribution in [3.63, 3.8) is 0 Å². The van der Waals surface area contributed by atoms with Crippen molar-refractivity contribution in [2.45, 2.75) is 18.1 Å². The number of hydrogen-bond donors (Lipinski definition) is 1. The van der Waals surface area contributed by atoms with Crippen LogP contribution in [0.1, 0.15) is 6.42 Å². The van der Waals surface area contributed by atoms with Gasteiger partial charge < -0.3 is 10.1 Å². The molecule has 2 bridgehead atoms. The summed E-state index contributed by atoms with van der Waals surface area (Å²) in [4.78, 5) is 11.3. The van der Waals surface area contributed by atoms with E-state index < -0.39 is 5.60 Å². The molecule has 2 fully saturated rings. The second-order valence-corrected chi connectivity index (χ2v) is 3.45. The Morgan fingerprint density at radius 3 is 3.36 bits per heavy atom. The summed E-state index contributed by atoms with van der Waals surface area (Å²) < 4.78 is 5.57. The van der Waals surface area contributed by atoms with Gasteiger partial charge in [0.1, 0.15) is 0 Å². The predicted octanol–water partition coefficient (Wildman–Crippen LogP) is -0.170. The molecule has 1 spiro atoms. The van der Waals surface area contributed by atoms with E-state index in [0.29, 0.717) is 5.92 Å². The molecule has 0 aliphatic carbocycles. The van der Waals surface area contributed by atoms with Crippen LogP contribution in [-0.2, 0) is 9.53 Å². The highest BCUT2D eigenvalue weighted by Crippen LogP contribution is 2.45. The van der Waals surface area contributed by atoms with Gasteiger partial charge in [0.05, 0.1) is 6.10 Å². The van der Waals surface area contributed by atoms with Gasteiger partial charge in [-0.2, -0.15) is 0 Å². The fraction of sp³-hybridized carbons (Fsp3) is 0.625. The molecule has 0 aromatic rings. The van der Waals surface area contributed by atoms with Gasteiger partial charge in [0, 0.05) is 12.5 Å². The van der Waals surface area contributed by atoms with Crippen LogP contribution in [0.2, 0.25) is 0 Å². The molecule has 3 rings (SSSR count). The first kappa shape index (κ1) is 5.77. The molecule has 11 heavy (non-hydrogen) atoms. The predicted molar refractivity (Wildman–Crippen MR) is 37.9 cm³/mol. The normalized spacial score (nSPS) is 51.5. The maximum atomic E-state index is 11.3. The van der Waals surface area contributed by atoms with Gasteiger partial charge in [0.2, 0.25) is 0 Å². The van der Waals surface area contributed by atoms with Gasteiger partial charge in [-0.15, -0.1) is 0 Å². The van der Waals surface area contributed by atoms with E-state index in [1.165, 1.54) is 0 Å². The molecule has 2 saturated heterocycles. The van der Waals surface area contributed by atoms with Crippen molar-refractivity contribution >= 4 is 5.91 Å². The Morgan fingerprint density at radius 1 is 1.73 bits per heavy atom. The first-order valence-corrected chi connectivity index (χ1v) is 3.97. The molecule has 0 saturated carbocycles. The van der Waals surface area contributed by atoms with Crippen LogP contribution in [0.3, 0.4) is 0 Å². The van der Waals surface area contributed by atoms with Crippen LogP contribution in [0.15, 0.2) is 12.2 Å². The summed E-state index contributed by atoms with van der Waals surface area (Å²) in [5.74, 6) is 0.448. The van der Waals surface area contributed by atoms with E-state index in [0.717, 1.165) is 13.0 Å². The molecular formula is C8H9NO2. The fourth-order valence-corrected chi connectivity index (χ4v) is 2.30. The minimum Gasteiger partial charge on any atom is -0.353 e. The monoisotopic (exact) mass is 151 g/mol. The van der Waals surface area contributed by atoms with Crippen molar-refractivity contribution in [1.82, 2.24) is 5.32 Å². The number of amides is 1. The average molecular weight is 151 g/mol. The largest absolute Gasteiger partial charge is 0.353 e. The maximum Gasteiger partial charge on any atom is 0.256 e. The minimum atomic E-state index is -0.551. The van der Waals surface area contributed by atoms with Crippen molar-refractivity contribution in [1.29, 1.82) is 0 Å². The van der Waals surface area contributed by atoms with Crippen molar-refractivity contribution in [2.24, 2.45) is 5.92 Å². The SMILES string of the molecule is O=C1NC[C@H]2C[C@@H]3C=C[C@]12O3. The van der Waals surface area contributed by atoms with Gasteiger partial charge in [-0.1, -0.05) is 6.08 Å². The first-order valence-electron chi connectivity index (χ1n) is 3.97. The Kier molecular flexibility index (Phi) is 0.790. The van der Waals surface area contributed by atoms with E-state index in [4.69, 9.17) is 4.74 Å². The third-order valence-electron chi connectivity index (χ3n) is 2.89. The van der Waals surface area contributed by atoms with Crippen LogP contribution < -0.4 is 5.32 Å². The molecule has 0 aromatic carbocycles. The molecule has 3 aliphatic heterocycles. The van der Waals surface area contributed by atoms with Gasteiger partial charge in [-0.25, -0.2) is 0 Å². The molecule has 3 heteroatoms. The number of carbonyl (C=O) groups is 1. The Morgan fingerprint density at radius 2 is 2.64 bits per heavy atom. The zero-order valence-electron chi connectivity index (χ0n) is 6.04. The maximum absolute atomic E-state index is 11.3. The van der Waals surface area contributed by atoms with Crippen LogP contribution in [0, 0.1) is 5.92 Å². The highest BCUT2D eigenvalue weighted by atomic mass is 16.5. The second kappa shape index (κ2) is 1.50. The molecule has 3 nitrogen and oxygen atoms in total. The summed E-state index contributed by atoms with van der Waals surface area (Å²) in [5, 5.41) is 2.82. The van der Waals surface area contributed by atoms with E-state index in [1.807, 2.05) is 12.2 Å². The zero-order chi connectivity index (χ0) is 7.47. The molecule has 3 heterocycles. The smallest absolute Gasteiger partial charge is 0.256 e. The van der Waals surface area contributed by atoms with Crippen LogP contribution in [0.25, 0.3) is 0 Å². The Hall–Kier alpha value is -0.830. The molecule has 0 unspecified atom stereocenters. The van der Waals surface area contributed by atoms with Gasteiger partial charge in [-0.05, 0) is 12.5 Å². The molecule has 3 aliphatic rings. The summed E-state index contributed by atoms with van der Waals surface area (Å²) in [6, 6.07) is 0. The lowest BCUT2D eigenvalue weighted by Crippen LogP contribution is -2.37. The fourth-order valence-electron chi connectivity index (χ4n) is 2.30. The Bertz CT molecular complexity index is 261. The molecule has 3 atom stereocenters. The van der Waals surface area contributed by atoms with Gasteiger partial charge in [0.15, 0.2) is 5.60 Å². The van der Waals surface area contributed by atoms with E-state index in [-0.39, 0.29) is 12.0 Å². The summed E-state index contributed by atoms with van der Waals surface area (Å²) in [7, 11) is 0. The van der Waals surface area contributed by atoms with Gasteiger partial charge in [-0.3, -0.25) is 4.79 Å². The summed E-state index contributed by atoms with van der Waals surface area (Å²) in [6.45, 7) is 0.791. The number of hydrogen-bond acceptors (Lipinski definition) is 2. The van der Waals surface area contributed by atoms with Gasteiger partial charge >= 0.3 is 0 Å². The van der Waals surface area contributed by atoms with E-state index in [2.05, 4.69) is 5.32 Å². The average Bonchev–Trinajstić information content (AvgIpc) is 2.62. The number of rotatable bonds is 0. The van der Waals surface area contributed by atoms with Crippen molar-refractivity contribution < 1.29 is 9.53 Å². The zero-order valence-corrected chi connectivity index (χ0v) is 6.04. The first-order chi connectivity index (χ1) is 5.31. The van der Waals surface area contributed by atoms with Crippen molar-refractivity contribution in [3.05, 3.63) is 12.2 Å². The number of fused-ring (bicyclic) bond motifs is 1. The summed E-state index contributed by atoms with van der Waals surface area (Å²) in [6.07, 6.45) is 5.15. The van der Waals surface area contributed by atoms with Crippen LogP contribution in [-0.4, -0.2) is 24.2 Å². The van der Waals surface area contributed by atoms with Crippen molar-refractivity contribution in [2.75, 3.05) is 6.54 Å². The van der Waals surface area contributed by atoms with Crippen LogP contribution >= 0.6 is 0 Å². The standard InChI is InChI=1S/C8H9NO2/c10-7-8-2-1-6(11-8)3-5(8)4-9-7/h1-2,5-6H,3-4H2,(H,9,10)/t5-,6+,8-/m1/s1. The van der Waals surface area contributed by atoms with Crippen molar-refractivity contribution in [3.8, 4) is 0 Å². The molecule has 58 valence electrons. The van der Waals surface area contributed by atoms with E-state index in [9.17, 15) is 4.79 Å². The highest BCUT2D eigenvalue weighted by molar-refractivity contribution is 5.91. The number of ether oxygens (including phenoxy) is 1. The Balaban J connectivity index is 2.13. The van der Waals surface area contributed by atoms with Crippen LogP contribution in [0.5, 0.6) is 0 Å². The lowest BCUT2D eigenvalue weighted by Gasteiger charge is -2.17. The third-order valence-corrected chi connectivity index (χ3v) is 2.89. The molecular weight excluding hydrogens is 142 g/mol. The molecule has 0 radical (unpaired) electrons. The highest BCUT2D eigenvalue weighted by Gasteiger charge is 2.58.